The molecule has 0 aliphatic carbocycles. The van der Waals surface area contributed by atoms with E-state index in [9.17, 15) is 0 Å². The quantitative estimate of drug-likeness (QED) is 0.360. The summed E-state index contributed by atoms with van der Waals surface area (Å²) in [6, 6.07) is 8.19. The second-order valence-electron chi connectivity index (χ2n) is 3.31. The van der Waals surface area contributed by atoms with Crippen LogP contribution < -0.4 is 0 Å². The first-order chi connectivity index (χ1) is 7.92. The van der Waals surface area contributed by atoms with Crippen molar-refractivity contribution in [1.82, 2.24) is 4.98 Å². The van der Waals surface area contributed by atoms with Gasteiger partial charge in [0, 0.05) is 22.7 Å². The molecule has 0 spiro atoms. The first-order valence-corrected chi connectivity index (χ1v) is 6.77. The van der Waals surface area contributed by atoms with E-state index in [1.807, 2.05) is 18.3 Å². The fourth-order valence-electron chi connectivity index (χ4n) is 1.56. The SMILES string of the molecule is SSOCCOCc1c[nH]c2ccccc12. The van der Waals surface area contributed by atoms with Crippen molar-refractivity contribution < 1.29 is 8.92 Å². The molecule has 1 N–H and O–H groups in total. The van der Waals surface area contributed by atoms with Gasteiger partial charge < -0.3 is 13.9 Å². The summed E-state index contributed by atoms with van der Waals surface area (Å²) < 4.78 is 10.5. The zero-order valence-electron chi connectivity index (χ0n) is 8.68. The second-order valence-corrected chi connectivity index (χ2v) is 4.14. The van der Waals surface area contributed by atoms with E-state index in [1.54, 1.807) is 0 Å². The van der Waals surface area contributed by atoms with Crippen LogP contribution in [0.15, 0.2) is 30.5 Å². The highest BCUT2D eigenvalue weighted by Crippen LogP contribution is 2.18. The summed E-state index contributed by atoms with van der Waals surface area (Å²) in [4.78, 5) is 3.21. The van der Waals surface area contributed by atoms with Crippen molar-refractivity contribution in [3.05, 3.63) is 36.0 Å². The maximum Gasteiger partial charge on any atom is 0.0858 e. The molecule has 0 amide bonds. The molecule has 16 heavy (non-hydrogen) atoms. The molecule has 0 radical (unpaired) electrons. The summed E-state index contributed by atoms with van der Waals surface area (Å²) in [7, 11) is 0. The van der Waals surface area contributed by atoms with Crippen LogP contribution in [-0.2, 0) is 15.5 Å². The summed E-state index contributed by atoms with van der Waals surface area (Å²) in [6.45, 7) is 1.73. The van der Waals surface area contributed by atoms with Crippen LogP contribution in [0.3, 0.4) is 0 Å². The molecule has 1 heterocycles. The summed E-state index contributed by atoms with van der Waals surface area (Å²) in [6.07, 6.45) is 1.99. The standard InChI is InChI=1S/C11H13NO2S2/c15-16-14-6-5-13-8-9-7-12-11-4-2-1-3-10(9)11/h1-4,7,12,15H,5-6,8H2. The number of hydrogen-bond donors (Lipinski definition) is 2. The molecule has 2 rings (SSSR count). The van der Waals surface area contributed by atoms with Crippen LogP contribution in [-0.4, -0.2) is 18.2 Å². The van der Waals surface area contributed by atoms with E-state index < -0.39 is 0 Å². The summed E-state index contributed by atoms with van der Waals surface area (Å²) in [5, 5.41) is 1.21. The molecule has 0 fully saturated rings. The molecule has 0 aliphatic heterocycles. The highest BCUT2D eigenvalue weighted by Gasteiger charge is 2.02. The zero-order chi connectivity index (χ0) is 11.2. The Balaban J connectivity index is 1.89. The Labute approximate surface area is 104 Å². The lowest BCUT2D eigenvalue weighted by Gasteiger charge is -2.02. The van der Waals surface area contributed by atoms with Crippen LogP contribution in [0.1, 0.15) is 5.56 Å². The third-order valence-electron chi connectivity index (χ3n) is 2.30. The van der Waals surface area contributed by atoms with E-state index in [4.69, 9.17) is 8.92 Å². The van der Waals surface area contributed by atoms with Gasteiger partial charge in [0.05, 0.1) is 30.9 Å². The Kier molecular flexibility index (Phi) is 4.59. The van der Waals surface area contributed by atoms with Gasteiger partial charge in [-0.05, 0) is 6.07 Å². The van der Waals surface area contributed by atoms with E-state index >= 15 is 0 Å². The van der Waals surface area contributed by atoms with Gasteiger partial charge in [0.2, 0.25) is 0 Å². The summed E-state index contributed by atoms with van der Waals surface area (Å²) in [5.74, 6) is 0. The Morgan fingerprint density at radius 1 is 1.25 bits per heavy atom. The Morgan fingerprint density at radius 2 is 2.12 bits per heavy atom. The van der Waals surface area contributed by atoms with Crippen molar-refractivity contribution in [3.63, 3.8) is 0 Å². The first kappa shape index (κ1) is 11.9. The van der Waals surface area contributed by atoms with Crippen molar-refractivity contribution >= 4 is 33.6 Å². The van der Waals surface area contributed by atoms with E-state index in [2.05, 4.69) is 28.8 Å². The number of benzene rings is 1. The van der Waals surface area contributed by atoms with E-state index in [-0.39, 0.29) is 0 Å². The summed E-state index contributed by atoms with van der Waals surface area (Å²) in [5.41, 5.74) is 2.32. The van der Waals surface area contributed by atoms with Gasteiger partial charge >= 0.3 is 0 Å². The average molecular weight is 255 g/mol. The molecule has 0 bridgehead atoms. The predicted molar refractivity (Wildman–Crippen MR) is 70.5 cm³/mol. The van der Waals surface area contributed by atoms with Crippen LogP contribution in [0.25, 0.3) is 10.9 Å². The number of hydrogen-bond acceptors (Lipinski definition) is 4. The third-order valence-corrected chi connectivity index (χ3v) is 2.88. The number of aromatic nitrogens is 1. The topological polar surface area (TPSA) is 34.2 Å². The predicted octanol–water partition coefficient (Wildman–Crippen LogP) is 3.19. The molecule has 86 valence electrons. The lowest BCUT2D eigenvalue weighted by molar-refractivity contribution is 0.0963. The third kappa shape index (κ3) is 2.95. The van der Waals surface area contributed by atoms with Crippen molar-refractivity contribution in [3.8, 4) is 0 Å². The number of H-pyrrole nitrogens is 1. The van der Waals surface area contributed by atoms with Gasteiger partial charge in [0.25, 0.3) is 0 Å². The van der Waals surface area contributed by atoms with Crippen molar-refractivity contribution in [2.75, 3.05) is 13.2 Å². The van der Waals surface area contributed by atoms with Crippen LogP contribution in [0.2, 0.25) is 0 Å². The van der Waals surface area contributed by atoms with Crippen LogP contribution in [0.5, 0.6) is 0 Å². The minimum Gasteiger partial charge on any atom is -0.374 e. The fourth-order valence-corrected chi connectivity index (χ4v) is 1.93. The maximum absolute atomic E-state index is 5.50. The number of rotatable bonds is 6. The largest absolute Gasteiger partial charge is 0.374 e. The fraction of sp³-hybridized carbons (Fsp3) is 0.273. The molecule has 0 aliphatic rings. The van der Waals surface area contributed by atoms with E-state index in [0.717, 1.165) is 16.6 Å². The lowest BCUT2D eigenvalue weighted by atomic mass is 10.2. The van der Waals surface area contributed by atoms with E-state index in [1.165, 1.54) is 10.9 Å². The smallest absolute Gasteiger partial charge is 0.0858 e. The van der Waals surface area contributed by atoms with Crippen molar-refractivity contribution in [2.24, 2.45) is 0 Å². The van der Waals surface area contributed by atoms with Gasteiger partial charge in [-0.2, -0.15) is 0 Å². The molecular weight excluding hydrogens is 242 g/mol. The molecule has 3 nitrogen and oxygen atoms in total. The molecule has 0 saturated carbocycles. The molecule has 5 heteroatoms. The second kappa shape index (κ2) is 6.20. The monoisotopic (exact) mass is 255 g/mol. The lowest BCUT2D eigenvalue weighted by Crippen LogP contribution is -2.00. The molecule has 0 atom stereocenters. The van der Waals surface area contributed by atoms with Gasteiger partial charge in [-0.3, -0.25) is 0 Å². The highest BCUT2D eigenvalue weighted by molar-refractivity contribution is 8.66. The number of ether oxygens (including phenoxy) is 1. The number of thiol groups is 1. The molecule has 1 aromatic heterocycles. The summed E-state index contributed by atoms with van der Waals surface area (Å²) >= 11 is 4.93. The Bertz CT molecular complexity index is 444. The van der Waals surface area contributed by atoms with Crippen molar-refractivity contribution in [1.29, 1.82) is 0 Å². The van der Waals surface area contributed by atoms with Gasteiger partial charge in [0.1, 0.15) is 0 Å². The number of para-hydroxylation sites is 1. The first-order valence-electron chi connectivity index (χ1n) is 4.97. The van der Waals surface area contributed by atoms with E-state index in [0.29, 0.717) is 19.8 Å². The number of aromatic amines is 1. The molecule has 2 aromatic rings. The van der Waals surface area contributed by atoms with Gasteiger partial charge in [-0.1, -0.05) is 29.9 Å². The minimum absolute atomic E-state index is 0.552. The van der Waals surface area contributed by atoms with Crippen LogP contribution >= 0.6 is 22.7 Å². The van der Waals surface area contributed by atoms with Crippen molar-refractivity contribution in [2.45, 2.75) is 6.61 Å². The zero-order valence-corrected chi connectivity index (χ0v) is 10.4. The van der Waals surface area contributed by atoms with Gasteiger partial charge in [0.15, 0.2) is 0 Å². The number of fused-ring (bicyclic) bond motifs is 1. The minimum atomic E-state index is 0.552. The molecule has 0 unspecified atom stereocenters. The van der Waals surface area contributed by atoms with Gasteiger partial charge in [-0.25, -0.2) is 0 Å². The molecule has 0 saturated heterocycles. The van der Waals surface area contributed by atoms with Gasteiger partial charge in [-0.15, -0.1) is 0 Å². The Morgan fingerprint density at radius 3 is 3.00 bits per heavy atom. The maximum atomic E-state index is 5.50. The van der Waals surface area contributed by atoms with Crippen LogP contribution in [0, 0.1) is 0 Å². The molecule has 1 aromatic carbocycles. The highest BCUT2D eigenvalue weighted by atomic mass is 33.1. The van der Waals surface area contributed by atoms with Crippen LogP contribution in [0.4, 0.5) is 0 Å². The number of nitrogens with one attached hydrogen (secondary N) is 1. The molecular formula is C11H13NO2S2. The Hall–Kier alpha value is -0.620. The normalized spacial score (nSPS) is 11.1. The average Bonchev–Trinajstić information content (AvgIpc) is 2.73.